The normalized spacial score (nSPS) is 18.4. The van der Waals surface area contributed by atoms with Gasteiger partial charge < -0.3 is 9.55 Å². The van der Waals surface area contributed by atoms with Crippen LogP contribution < -0.4 is 0 Å². The van der Waals surface area contributed by atoms with Crippen LogP contribution >= 0.6 is 12.2 Å². The van der Waals surface area contributed by atoms with Crippen LogP contribution in [0.4, 0.5) is 8.78 Å². The molecule has 1 heterocycles. The maximum atomic E-state index is 13.8. The second-order valence-electron chi connectivity index (χ2n) is 4.19. The molecule has 1 atom stereocenters. The van der Waals surface area contributed by atoms with Crippen molar-refractivity contribution in [2.24, 2.45) is 0 Å². The van der Waals surface area contributed by atoms with Crippen molar-refractivity contribution in [2.75, 3.05) is 0 Å². The Morgan fingerprint density at radius 3 is 2.88 bits per heavy atom. The number of fused-ring (bicyclic) bond motifs is 1. The van der Waals surface area contributed by atoms with E-state index >= 15 is 0 Å². The van der Waals surface area contributed by atoms with Crippen molar-refractivity contribution < 1.29 is 8.78 Å². The number of aromatic amines is 1. The van der Waals surface area contributed by atoms with Crippen molar-refractivity contribution >= 4 is 12.2 Å². The van der Waals surface area contributed by atoms with E-state index in [2.05, 4.69) is 4.98 Å². The minimum atomic E-state index is -0.514. The number of imidazole rings is 1. The predicted molar refractivity (Wildman–Crippen MR) is 62.4 cm³/mol. The molecule has 1 unspecified atom stereocenters. The molecule has 5 heteroatoms. The minimum Gasteiger partial charge on any atom is -0.337 e. The molecule has 0 amide bonds. The van der Waals surface area contributed by atoms with Crippen molar-refractivity contribution in [1.29, 1.82) is 0 Å². The van der Waals surface area contributed by atoms with Gasteiger partial charge in [0, 0.05) is 24.0 Å². The molecule has 2 nitrogen and oxygen atoms in total. The van der Waals surface area contributed by atoms with E-state index in [4.69, 9.17) is 12.2 Å². The summed E-state index contributed by atoms with van der Waals surface area (Å²) in [7, 11) is 0. The van der Waals surface area contributed by atoms with Crippen LogP contribution in [0.25, 0.3) is 0 Å². The van der Waals surface area contributed by atoms with Crippen molar-refractivity contribution in [2.45, 2.75) is 18.9 Å². The fourth-order valence-electron chi connectivity index (χ4n) is 2.51. The first-order valence-corrected chi connectivity index (χ1v) is 5.81. The van der Waals surface area contributed by atoms with E-state index in [0.717, 1.165) is 18.1 Å². The first-order chi connectivity index (χ1) is 8.16. The number of H-pyrrole nitrogens is 1. The van der Waals surface area contributed by atoms with Gasteiger partial charge in [-0.05, 0) is 36.7 Å². The molecule has 0 fully saturated rings. The Balaban J connectivity index is 2.17. The second-order valence-corrected chi connectivity index (χ2v) is 4.57. The number of nitrogens with one attached hydrogen (secondary N) is 1. The third-order valence-electron chi connectivity index (χ3n) is 3.21. The summed E-state index contributed by atoms with van der Waals surface area (Å²) >= 11 is 5.13. The Morgan fingerprint density at radius 2 is 2.18 bits per heavy atom. The summed E-state index contributed by atoms with van der Waals surface area (Å²) in [5, 5.41) is 0. The fraction of sp³-hybridized carbons (Fsp3) is 0.250. The Bertz CT molecular complexity index is 630. The molecule has 3 rings (SSSR count). The smallest absolute Gasteiger partial charge is 0.177 e. The van der Waals surface area contributed by atoms with Crippen LogP contribution in [0.15, 0.2) is 24.5 Å². The zero-order valence-corrected chi connectivity index (χ0v) is 9.73. The molecule has 0 radical (unpaired) electrons. The maximum Gasteiger partial charge on any atom is 0.177 e. The van der Waals surface area contributed by atoms with E-state index in [-0.39, 0.29) is 6.04 Å². The Morgan fingerprint density at radius 1 is 1.35 bits per heavy atom. The van der Waals surface area contributed by atoms with Gasteiger partial charge in [-0.15, -0.1) is 0 Å². The van der Waals surface area contributed by atoms with Gasteiger partial charge in [-0.2, -0.15) is 0 Å². The topological polar surface area (TPSA) is 20.7 Å². The number of halogens is 2. The highest BCUT2D eigenvalue weighted by Crippen LogP contribution is 2.36. The molecule has 1 N–H and O–H groups in total. The van der Waals surface area contributed by atoms with Crippen molar-refractivity contribution in [3.05, 3.63) is 52.1 Å². The molecule has 0 spiro atoms. The second kappa shape index (κ2) is 3.77. The largest absolute Gasteiger partial charge is 0.337 e. The van der Waals surface area contributed by atoms with Crippen LogP contribution in [-0.2, 0) is 6.42 Å². The lowest BCUT2D eigenvalue weighted by Gasteiger charge is -2.14. The van der Waals surface area contributed by atoms with Crippen molar-refractivity contribution in [3.8, 4) is 0 Å². The molecule has 0 aliphatic heterocycles. The summed E-state index contributed by atoms with van der Waals surface area (Å²) in [5.41, 5.74) is 1.32. The Hall–Kier alpha value is -1.49. The highest BCUT2D eigenvalue weighted by atomic mass is 32.1. The van der Waals surface area contributed by atoms with E-state index < -0.39 is 11.6 Å². The highest BCUT2D eigenvalue weighted by molar-refractivity contribution is 7.71. The molecule has 0 saturated carbocycles. The number of benzene rings is 1. The molecule has 17 heavy (non-hydrogen) atoms. The van der Waals surface area contributed by atoms with Crippen LogP contribution in [-0.4, -0.2) is 9.55 Å². The molecule has 1 aromatic carbocycles. The Kier molecular flexibility index (Phi) is 2.36. The van der Waals surface area contributed by atoms with Crippen LogP contribution in [0.1, 0.15) is 23.6 Å². The van der Waals surface area contributed by atoms with E-state index in [1.165, 1.54) is 6.07 Å². The summed E-state index contributed by atoms with van der Waals surface area (Å²) in [6.07, 6.45) is 4.95. The van der Waals surface area contributed by atoms with Crippen LogP contribution in [0, 0.1) is 16.4 Å². The van der Waals surface area contributed by atoms with E-state index in [1.54, 1.807) is 12.4 Å². The van der Waals surface area contributed by atoms with Crippen LogP contribution in [0.3, 0.4) is 0 Å². The van der Waals surface area contributed by atoms with Gasteiger partial charge in [-0.3, -0.25) is 0 Å². The number of hydrogen-bond acceptors (Lipinski definition) is 1. The number of nitrogens with zero attached hydrogens (tertiary/aromatic N) is 1. The van der Waals surface area contributed by atoms with Gasteiger partial charge in [0.2, 0.25) is 0 Å². The molecule has 88 valence electrons. The van der Waals surface area contributed by atoms with E-state index in [1.807, 2.05) is 4.57 Å². The number of aryl methyl sites for hydroxylation is 1. The van der Waals surface area contributed by atoms with Gasteiger partial charge in [0.15, 0.2) is 4.77 Å². The summed E-state index contributed by atoms with van der Waals surface area (Å²) in [4.78, 5) is 2.89. The zero-order chi connectivity index (χ0) is 12.0. The molecule has 0 bridgehead atoms. The number of rotatable bonds is 1. The molecule has 1 aromatic heterocycles. The molecule has 1 aliphatic carbocycles. The lowest BCUT2D eigenvalue weighted by atomic mass is 10.1. The number of hydrogen-bond donors (Lipinski definition) is 1. The molecule has 2 aromatic rings. The first kappa shape index (κ1) is 10.7. The maximum absolute atomic E-state index is 13.8. The van der Waals surface area contributed by atoms with Gasteiger partial charge in [-0.25, -0.2) is 8.78 Å². The van der Waals surface area contributed by atoms with Gasteiger partial charge >= 0.3 is 0 Å². The standard InChI is InChI=1S/C12H10F2N2S/c13-8-5-7-1-2-10(11(7)9(14)6-8)16-4-3-15-12(16)17/h3-6,10H,1-2H2,(H,15,17). The lowest BCUT2D eigenvalue weighted by Crippen LogP contribution is -2.08. The van der Waals surface area contributed by atoms with Gasteiger partial charge in [-0.1, -0.05) is 0 Å². The summed E-state index contributed by atoms with van der Waals surface area (Å²) in [6, 6.07) is 2.23. The highest BCUT2D eigenvalue weighted by Gasteiger charge is 2.28. The molecule has 1 aliphatic rings. The van der Waals surface area contributed by atoms with Crippen molar-refractivity contribution in [1.82, 2.24) is 9.55 Å². The SMILES string of the molecule is Fc1cc(F)c2c(c1)CCC2n1cc[nH]c1=S. The summed E-state index contributed by atoms with van der Waals surface area (Å²) in [5.74, 6) is -0.995. The zero-order valence-electron chi connectivity index (χ0n) is 8.91. The van der Waals surface area contributed by atoms with Crippen LogP contribution in [0.2, 0.25) is 0 Å². The fourth-order valence-corrected chi connectivity index (χ4v) is 2.77. The first-order valence-electron chi connectivity index (χ1n) is 5.40. The van der Waals surface area contributed by atoms with Gasteiger partial charge in [0.05, 0.1) is 6.04 Å². The minimum absolute atomic E-state index is 0.121. The summed E-state index contributed by atoms with van der Waals surface area (Å²) < 4.78 is 29.3. The lowest BCUT2D eigenvalue weighted by molar-refractivity contribution is 0.524. The van der Waals surface area contributed by atoms with E-state index in [0.29, 0.717) is 16.8 Å². The number of aromatic nitrogens is 2. The van der Waals surface area contributed by atoms with E-state index in [9.17, 15) is 8.78 Å². The molecule has 0 saturated heterocycles. The van der Waals surface area contributed by atoms with Crippen LogP contribution in [0.5, 0.6) is 0 Å². The monoisotopic (exact) mass is 252 g/mol. The Labute approximate surface area is 102 Å². The third-order valence-corrected chi connectivity index (χ3v) is 3.54. The summed E-state index contributed by atoms with van der Waals surface area (Å²) in [6.45, 7) is 0. The van der Waals surface area contributed by atoms with Crippen molar-refractivity contribution in [3.63, 3.8) is 0 Å². The third kappa shape index (κ3) is 1.61. The average molecular weight is 252 g/mol. The quantitative estimate of drug-likeness (QED) is 0.772. The van der Waals surface area contributed by atoms with Gasteiger partial charge in [0.1, 0.15) is 11.6 Å². The molecular formula is C12H10F2N2S. The predicted octanol–water partition coefficient (Wildman–Crippen LogP) is 3.36. The average Bonchev–Trinajstić information content (AvgIpc) is 2.83. The van der Waals surface area contributed by atoms with Gasteiger partial charge in [0.25, 0.3) is 0 Å². The molecular weight excluding hydrogens is 242 g/mol.